The number of carbonyl (C=O) groups excluding carboxylic acids is 2. The van der Waals surface area contributed by atoms with Crippen LogP contribution in [0.2, 0.25) is 0 Å². The Hall–Kier alpha value is -4.72. The van der Waals surface area contributed by atoms with E-state index in [0.29, 0.717) is 11.1 Å². The standard InChI is InChI=1S/C38H42F3N3O6S/c1-24(37(46)42-21-26-10-12-31(39)13-11-26)14-36(45)35(23-50-22-27-15-32(40)20-33(41)16-27)43-38(47)30-17-29(25(2)28-8-6-5-7-9-28)18-34(19-30)44(3)51(4,48)49/h5-13,15-20,24-25,35-36,45H,14,21-23H2,1-4H3,(H,42,46)(H,43,47)/t24-,25-,35+,36+/m1/s1. The van der Waals surface area contributed by atoms with Gasteiger partial charge < -0.3 is 20.5 Å². The second-order valence-electron chi connectivity index (χ2n) is 12.6. The van der Waals surface area contributed by atoms with Gasteiger partial charge in [-0.3, -0.25) is 13.9 Å². The van der Waals surface area contributed by atoms with Crippen molar-refractivity contribution in [3.63, 3.8) is 0 Å². The number of sulfonamides is 1. The van der Waals surface area contributed by atoms with Gasteiger partial charge in [-0.25, -0.2) is 21.6 Å². The quantitative estimate of drug-likeness (QED) is 0.137. The van der Waals surface area contributed by atoms with Crippen LogP contribution in [0, 0.1) is 23.4 Å². The van der Waals surface area contributed by atoms with Gasteiger partial charge in [0.2, 0.25) is 15.9 Å². The molecule has 9 nitrogen and oxygen atoms in total. The smallest absolute Gasteiger partial charge is 0.251 e. The van der Waals surface area contributed by atoms with Crippen molar-refractivity contribution in [2.45, 2.75) is 51.5 Å². The Labute approximate surface area is 296 Å². The lowest BCUT2D eigenvalue weighted by atomic mass is 9.91. The van der Waals surface area contributed by atoms with E-state index < -0.39 is 57.4 Å². The first kappa shape index (κ1) is 39.1. The molecule has 0 spiro atoms. The highest BCUT2D eigenvalue weighted by molar-refractivity contribution is 7.92. The van der Waals surface area contributed by atoms with Crippen LogP contribution in [0.5, 0.6) is 0 Å². The van der Waals surface area contributed by atoms with Crippen LogP contribution < -0.4 is 14.9 Å². The monoisotopic (exact) mass is 725 g/mol. The maximum atomic E-state index is 13.9. The molecule has 0 aliphatic carbocycles. The Morgan fingerprint density at radius 2 is 1.49 bits per heavy atom. The van der Waals surface area contributed by atoms with Crippen LogP contribution in [0.3, 0.4) is 0 Å². The lowest BCUT2D eigenvalue weighted by Gasteiger charge is -2.27. The minimum atomic E-state index is -3.70. The summed E-state index contributed by atoms with van der Waals surface area (Å²) in [4.78, 5) is 26.8. The fraction of sp³-hybridized carbons (Fsp3) is 0.316. The van der Waals surface area contributed by atoms with E-state index in [1.165, 1.54) is 37.4 Å². The van der Waals surface area contributed by atoms with Crippen molar-refractivity contribution in [1.29, 1.82) is 0 Å². The highest BCUT2D eigenvalue weighted by atomic mass is 32.2. The van der Waals surface area contributed by atoms with Crippen LogP contribution >= 0.6 is 0 Å². The summed E-state index contributed by atoms with van der Waals surface area (Å²) in [6.07, 6.45) is -0.384. The first-order valence-corrected chi connectivity index (χ1v) is 18.1. The van der Waals surface area contributed by atoms with Crippen LogP contribution in [0.25, 0.3) is 0 Å². The van der Waals surface area contributed by atoms with Crippen molar-refractivity contribution in [3.8, 4) is 0 Å². The summed E-state index contributed by atoms with van der Waals surface area (Å²) in [5.74, 6) is -4.00. The van der Waals surface area contributed by atoms with Crippen LogP contribution in [-0.4, -0.2) is 57.4 Å². The molecule has 2 amide bonds. The molecular weight excluding hydrogens is 683 g/mol. The molecule has 4 aromatic rings. The van der Waals surface area contributed by atoms with Crippen LogP contribution in [0.15, 0.2) is 91.0 Å². The third kappa shape index (κ3) is 11.4. The van der Waals surface area contributed by atoms with Gasteiger partial charge in [-0.05, 0) is 71.1 Å². The summed E-state index contributed by atoms with van der Waals surface area (Å²) in [5, 5.41) is 16.9. The number of hydrogen-bond donors (Lipinski definition) is 3. The van der Waals surface area contributed by atoms with Crippen molar-refractivity contribution in [3.05, 3.63) is 136 Å². The fourth-order valence-electron chi connectivity index (χ4n) is 5.42. The third-order valence-corrected chi connectivity index (χ3v) is 9.76. The van der Waals surface area contributed by atoms with E-state index in [-0.39, 0.29) is 48.9 Å². The second kappa shape index (κ2) is 17.5. The Kier molecular flexibility index (Phi) is 13.4. The van der Waals surface area contributed by atoms with Crippen molar-refractivity contribution < 1.29 is 41.0 Å². The molecule has 0 saturated carbocycles. The molecule has 0 radical (unpaired) electrons. The Bertz CT molecular complexity index is 1890. The van der Waals surface area contributed by atoms with Gasteiger partial charge in [0.25, 0.3) is 5.91 Å². The number of anilines is 1. The molecule has 4 atom stereocenters. The van der Waals surface area contributed by atoms with Crippen molar-refractivity contribution in [1.82, 2.24) is 10.6 Å². The van der Waals surface area contributed by atoms with E-state index in [0.717, 1.165) is 34.3 Å². The minimum absolute atomic E-state index is 0.106. The highest BCUT2D eigenvalue weighted by Gasteiger charge is 2.28. The molecule has 0 unspecified atom stereocenters. The maximum Gasteiger partial charge on any atom is 0.251 e. The van der Waals surface area contributed by atoms with Gasteiger partial charge in [-0.2, -0.15) is 0 Å². The summed E-state index contributed by atoms with van der Waals surface area (Å²) in [5.41, 5.74) is 2.81. The third-order valence-electron chi connectivity index (χ3n) is 8.56. The summed E-state index contributed by atoms with van der Waals surface area (Å²) >= 11 is 0. The number of aliphatic hydroxyl groups excluding tert-OH is 1. The van der Waals surface area contributed by atoms with Crippen LogP contribution in [0.1, 0.15) is 58.8 Å². The Balaban J connectivity index is 1.57. The topological polar surface area (TPSA) is 125 Å². The highest BCUT2D eigenvalue weighted by Crippen LogP contribution is 2.30. The molecule has 0 bridgehead atoms. The normalized spacial score (nSPS) is 13.9. The Morgan fingerprint density at radius 1 is 0.843 bits per heavy atom. The zero-order valence-corrected chi connectivity index (χ0v) is 29.6. The van der Waals surface area contributed by atoms with Gasteiger partial charge in [0.1, 0.15) is 17.5 Å². The van der Waals surface area contributed by atoms with E-state index >= 15 is 0 Å². The molecule has 0 fully saturated rings. The molecule has 13 heteroatoms. The van der Waals surface area contributed by atoms with Crippen LogP contribution in [0.4, 0.5) is 18.9 Å². The summed E-state index contributed by atoms with van der Waals surface area (Å²) < 4.78 is 72.6. The number of hydrogen-bond acceptors (Lipinski definition) is 6. The summed E-state index contributed by atoms with van der Waals surface area (Å²) in [6.45, 7) is 3.12. The molecule has 0 aliphatic heterocycles. The van der Waals surface area contributed by atoms with Crippen molar-refractivity contribution in [2.75, 3.05) is 24.2 Å². The van der Waals surface area contributed by atoms with Gasteiger partial charge in [0.15, 0.2) is 0 Å². The van der Waals surface area contributed by atoms with Gasteiger partial charge >= 0.3 is 0 Å². The first-order chi connectivity index (χ1) is 24.1. The molecular formula is C38H42F3N3O6S. The number of nitrogens with one attached hydrogen (secondary N) is 2. The van der Waals surface area contributed by atoms with E-state index in [1.807, 2.05) is 37.3 Å². The molecule has 0 heterocycles. The summed E-state index contributed by atoms with van der Waals surface area (Å²) in [7, 11) is -2.32. The number of benzene rings is 4. The lowest BCUT2D eigenvalue weighted by molar-refractivity contribution is -0.125. The predicted octanol–water partition coefficient (Wildman–Crippen LogP) is 5.67. The number of halogens is 3. The van der Waals surface area contributed by atoms with Gasteiger partial charge in [0, 0.05) is 37.1 Å². The average Bonchev–Trinajstić information content (AvgIpc) is 3.09. The van der Waals surface area contributed by atoms with Crippen molar-refractivity contribution >= 4 is 27.5 Å². The molecule has 4 rings (SSSR count). The van der Waals surface area contributed by atoms with E-state index in [9.17, 15) is 36.3 Å². The van der Waals surface area contributed by atoms with Crippen LogP contribution in [-0.2, 0) is 32.7 Å². The lowest BCUT2D eigenvalue weighted by Crippen LogP contribution is -2.48. The summed E-state index contributed by atoms with van der Waals surface area (Å²) in [6, 6.07) is 21.7. The number of ether oxygens (including phenoxy) is 1. The largest absolute Gasteiger partial charge is 0.391 e. The van der Waals surface area contributed by atoms with E-state index in [2.05, 4.69) is 10.6 Å². The van der Waals surface area contributed by atoms with E-state index in [4.69, 9.17) is 4.74 Å². The SMILES string of the molecule is C[C@H](c1ccccc1)c1cc(C(=O)N[C@@H](COCc2cc(F)cc(F)c2)[C@@H](O)C[C@@H](C)C(=O)NCc2ccc(F)cc2)cc(N(C)S(C)(=O)=O)c1. The number of nitrogens with zero attached hydrogens (tertiary/aromatic N) is 1. The Morgan fingerprint density at radius 3 is 2.12 bits per heavy atom. The molecule has 0 aromatic heterocycles. The van der Waals surface area contributed by atoms with Gasteiger partial charge in [0.05, 0.1) is 37.3 Å². The van der Waals surface area contributed by atoms with Crippen molar-refractivity contribution in [2.24, 2.45) is 5.92 Å². The molecule has 3 N–H and O–H groups in total. The number of amides is 2. The zero-order chi connectivity index (χ0) is 37.3. The molecule has 4 aromatic carbocycles. The molecule has 0 aliphatic rings. The zero-order valence-electron chi connectivity index (χ0n) is 28.8. The minimum Gasteiger partial charge on any atom is -0.391 e. The molecule has 272 valence electrons. The van der Waals surface area contributed by atoms with E-state index in [1.54, 1.807) is 19.1 Å². The first-order valence-electron chi connectivity index (χ1n) is 16.3. The number of aliphatic hydroxyl groups is 1. The van der Waals surface area contributed by atoms with Gasteiger partial charge in [-0.1, -0.05) is 56.3 Å². The average molecular weight is 726 g/mol. The molecule has 51 heavy (non-hydrogen) atoms. The maximum absolute atomic E-state index is 13.9. The predicted molar refractivity (Wildman–Crippen MR) is 189 cm³/mol. The van der Waals surface area contributed by atoms with Gasteiger partial charge in [-0.15, -0.1) is 0 Å². The molecule has 0 saturated heterocycles. The number of rotatable bonds is 16. The fourth-order valence-corrected chi connectivity index (χ4v) is 5.91. The number of carbonyl (C=O) groups is 2. The second-order valence-corrected chi connectivity index (χ2v) is 14.6.